The van der Waals surface area contributed by atoms with Crippen LogP contribution in [0.4, 0.5) is 26.3 Å². The summed E-state index contributed by atoms with van der Waals surface area (Å²) >= 11 is 1.20. The Morgan fingerprint density at radius 2 is 1.96 bits per heavy atom. The predicted molar refractivity (Wildman–Crippen MR) is 90.7 cm³/mol. The first-order valence-electron chi connectivity index (χ1n) is 7.91. The van der Waals surface area contributed by atoms with Gasteiger partial charge in [0.1, 0.15) is 5.71 Å². The second kappa shape index (κ2) is 7.75. The molecule has 3 nitrogen and oxygen atoms in total. The number of nitrogens with two attached hydrogens (primary N) is 1. The zero-order valence-electron chi connectivity index (χ0n) is 14.2. The SMILES string of the molecule is CC1(Sc2cccc(C(F)(F)F)c2)CCOC(/C(N)=C/C(=N)C(F)(F)F)C1. The quantitative estimate of drug-likeness (QED) is 0.531. The third-order valence-electron chi connectivity index (χ3n) is 4.08. The number of thioether (sulfide) groups is 1. The van der Waals surface area contributed by atoms with Gasteiger partial charge in [-0.1, -0.05) is 6.07 Å². The van der Waals surface area contributed by atoms with E-state index >= 15 is 0 Å². The molecule has 1 aromatic rings. The van der Waals surface area contributed by atoms with Crippen LogP contribution in [0, 0.1) is 5.41 Å². The van der Waals surface area contributed by atoms with E-state index in [2.05, 4.69) is 0 Å². The van der Waals surface area contributed by atoms with Crippen LogP contribution >= 0.6 is 11.8 Å². The van der Waals surface area contributed by atoms with Crippen molar-refractivity contribution >= 4 is 17.5 Å². The van der Waals surface area contributed by atoms with E-state index in [0.717, 1.165) is 12.1 Å². The van der Waals surface area contributed by atoms with Crippen molar-refractivity contribution in [3.8, 4) is 0 Å². The van der Waals surface area contributed by atoms with Gasteiger partial charge in [-0.3, -0.25) is 5.41 Å². The molecule has 0 bridgehead atoms. The summed E-state index contributed by atoms with van der Waals surface area (Å²) in [6.07, 6.45) is -8.89. The molecular formula is C17H18F6N2OS. The summed E-state index contributed by atoms with van der Waals surface area (Å²) in [7, 11) is 0. The summed E-state index contributed by atoms with van der Waals surface area (Å²) in [6.45, 7) is 2.00. The zero-order chi connectivity index (χ0) is 20.5. The minimum atomic E-state index is -4.81. The van der Waals surface area contributed by atoms with Gasteiger partial charge in [0.2, 0.25) is 0 Å². The van der Waals surface area contributed by atoms with Crippen molar-refractivity contribution in [3.63, 3.8) is 0 Å². The normalized spacial score (nSPS) is 24.7. The van der Waals surface area contributed by atoms with Crippen LogP contribution < -0.4 is 5.73 Å². The van der Waals surface area contributed by atoms with E-state index in [0.29, 0.717) is 17.4 Å². The van der Waals surface area contributed by atoms with Gasteiger partial charge in [-0.05, 0) is 44.0 Å². The number of halogens is 6. The largest absolute Gasteiger partial charge is 0.432 e. The Morgan fingerprint density at radius 1 is 1.30 bits per heavy atom. The molecule has 0 saturated carbocycles. The molecule has 1 saturated heterocycles. The number of hydrogen-bond donors (Lipinski definition) is 2. The minimum Gasteiger partial charge on any atom is -0.400 e. The Labute approximate surface area is 156 Å². The molecule has 2 rings (SSSR count). The first-order valence-corrected chi connectivity index (χ1v) is 8.72. The van der Waals surface area contributed by atoms with Gasteiger partial charge >= 0.3 is 12.4 Å². The topological polar surface area (TPSA) is 59.1 Å². The van der Waals surface area contributed by atoms with Crippen LogP contribution in [0.2, 0.25) is 0 Å². The van der Waals surface area contributed by atoms with Crippen LogP contribution in [0.15, 0.2) is 40.9 Å². The molecule has 2 atom stereocenters. The average molecular weight is 412 g/mol. The lowest BCUT2D eigenvalue weighted by Gasteiger charge is -2.38. The molecule has 1 aliphatic heterocycles. The monoisotopic (exact) mass is 412 g/mol. The van der Waals surface area contributed by atoms with Crippen LogP contribution in [-0.2, 0) is 10.9 Å². The zero-order valence-corrected chi connectivity index (χ0v) is 15.1. The Kier molecular flexibility index (Phi) is 6.20. The van der Waals surface area contributed by atoms with Crippen LogP contribution in [0.3, 0.4) is 0 Å². The van der Waals surface area contributed by atoms with Crippen molar-refractivity contribution in [2.75, 3.05) is 6.61 Å². The van der Waals surface area contributed by atoms with Gasteiger partial charge in [-0.25, -0.2) is 0 Å². The van der Waals surface area contributed by atoms with Crippen LogP contribution in [0.1, 0.15) is 25.3 Å². The summed E-state index contributed by atoms with van der Waals surface area (Å²) in [4.78, 5) is 0.401. The number of allylic oxidation sites excluding steroid dienone is 1. The lowest BCUT2D eigenvalue weighted by Crippen LogP contribution is -2.39. The number of ether oxygens (including phenoxy) is 1. The fourth-order valence-electron chi connectivity index (χ4n) is 2.64. The van der Waals surface area contributed by atoms with Crippen molar-refractivity contribution in [1.82, 2.24) is 0 Å². The molecule has 1 fully saturated rings. The molecule has 0 aliphatic carbocycles. The van der Waals surface area contributed by atoms with E-state index in [-0.39, 0.29) is 18.7 Å². The highest BCUT2D eigenvalue weighted by Gasteiger charge is 2.38. The first-order chi connectivity index (χ1) is 12.3. The number of hydrogen-bond acceptors (Lipinski definition) is 4. The Hall–Kier alpha value is -1.68. The summed E-state index contributed by atoms with van der Waals surface area (Å²) < 4.78 is 80.9. The third-order valence-corrected chi connectivity index (χ3v) is 5.43. The van der Waals surface area contributed by atoms with Gasteiger partial charge in [0, 0.05) is 21.9 Å². The summed E-state index contributed by atoms with van der Waals surface area (Å²) in [6, 6.07) is 4.87. The molecule has 1 aromatic carbocycles. The lowest BCUT2D eigenvalue weighted by atomic mass is 9.94. The van der Waals surface area contributed by atoms with Crippen molar-refractivity contribution in [2.45, 2.75) is 47.9 Å². The molecule has 1 aliphatic rings. The Bertz CT molecular complexity index is 731. The number of alkyl halides is 6. The second-order valence-corrected chi connectivity index (χ2v) is 8.11. The molecule has 0 amide bonds. The van der Waals surface area contributed by atoms with Gasteiger partial charge < -0.3 is 10.5 Å². The summed E-state index contributed by atoms with van der Waals surface area (Å²) in [5.74, 6) is 0. The molecule has 0 aromatic heterocycles. The maximum absolute atomic E-state index is 12.9. The first kappa shape index (κ1) is 21.6. The van der Waals surface area contributed by atoms with Crippen molar-refractivity contribution < 1.29 is 31.1 Å². The number of nitrogens with one attached hydrogen (secondary N) is 1. The average Bonchev–Trinajstić information content (AvgIpc) is 2.53. The van der Waals surface area contributed by atoms with Crippen molar-refractivity contribution in [1.29, 1.82) is 5.41 Å². The number of benzene rings is 1. The number of rotatable bonds is 4. The Balaban J connectivity index is 2.14. The molecular weight excluding hydrogens is 394 g/mol. The van der Waals surface area contributed by atoms with Crippen molar-refractivity contribution in [3.05, 3.63) is 41.6 Å². The second-order valence-electron chi connectivity index (χ2n) is 6.45. The van der Waals surface area contributed by atoms with E-state index in [1.807, 2.05) is 0 Å². The van der Waals surface area contributed by atoms with E-state index in [9.17, 15) is 26.3 Å². The highest BCUT2D eigenvalue weighted by molar-refractivity contribution is 8.00. The lowest BCUT2D eigenvalue weighted by molar-refractivity contribution is -0.137. The Morgan fingerprint density at radius 3 is 2.56 bits per heavy atom. The van der Waals surface area contributed by atoms with Gasteiger partial charge in [0.05, 0.1) is 11.7 Å². The fraction of sp³-hybridized carbons (Fsp3) is 0.471. The molecule has 1 heterocycles. The highest BCUT2D eigenvalue weighted by Crippen LogP contribution is 2.44. The van der Waals surface area contributed by atoms with Gasteiger partial charge in [0.15, 0.2) is 0 Å². The van der Waals surface area contributed by atoms with Gasteiger partial charge in [-0.2, -0.15) is 26.3 Å². The minimum absolute atomic E-state index is 0.195. The van der Waals surface area contributed by atoms with Crippen molar-refractivity contribution in [2.24, 2.45) is 5.73 Å². The van der Waals surface area contributed by atoms with E-state index in [1.165, 1.54) is 17.8 Å². The summed E-state index contributed by atoms with van der Waals surface area (Å²) in [5, 5.41) is 7.00. The maximum Gasteiger partial charge on any atom is 0.432 e. The fourth-order valence-corrected chi connectivity index (χ4v) is 3.96. The van der Waals surface area contributed by atoms with Crippen LogP contribution in [0.5, 0.6) is 0 Å². The van der Waals surface area contributed by atoms with Gasteiger partial charge in [0.25, 0.3) is 0 Å². The molecule has 27 heavy (non-hydrogen) atoms. The predicted octanol–water partition coefficient (Wildman–Crippen LogP) is 5.16. The van der Waals surface area contributed by atoms with Crippen LogP contribution in [0.25, 0.3) is 0 Å². The maximum atomic E-state index is 12.9. The smallest absolute Gasteiger partial charge is 0.400 e. The molecule has 150 valence electrons. The highest BCUT2D eigenvalue weighted by atomic mass is 32.2. The molecule has 10 heteroatoms. The standard InChI is InChI=1S/C17H18F6N2OS/c1-15(27-11-4-2-3-10(7-11)16(18,19)20)5-6-26-13(9-15)12(24)8-14(25)17(21,22)23/h2-4,7-8,13,25H,5-6,9,24H2,1H3/b12-8-,25-14?. The molecule has 0 spiro atoms. The van der Waals surface area contributed by atoms with Crippen LogP contribution in [-0.4, -0.2) is 29.3 Å². The van der Waals surface area contributed by atoms with E-state index in [4.69, 9.17) is 15.9 Å². The summed E-state index contributed by atoms with van der Waals surface area (Å²) in [5.41, 5.74) is 3.10. The third kappa shape index (κ3) is 5.90. The molecule has 2 unspecified atom stereocenters. The molecule has 3 N–H and O–H groups in total. The van der Waals surface area contributed by atoms with Gasteiger partial charge in [-0.15, -0.1) is 11.8 Å². The molecule has 0 radical (unpaired) electrons. The van der Waals surface area contributed by atoms with E-state index in [1.54, 1.807) is 13.0 Å². The van der Waals surface area contributed by atoms with E-state index < -0.39 is 34.5 Å².